The van der Waals surface area contributed by atoms with Gasteiger partial charge in [0.15, 0.2) is 5.60 Å². The van der Waals surface area contributed by atoms with Crippen molar-refractivity contribution in [1.29, 1.82) is 0 Å². The molecule has 2 amide bonds. The summed E-state index contributed by atoms with van der Waals surface area (Å²) in [6.07, 6.45) is 1.50. The Kier molecular flexibility index (Phi) is 7.16. The summed E-state index contributed by atoms with van der Waals surface area (Å²) in [7, 11) is 1.52. The zero-order valence-electron chi connectivity index (χ0n) is 19.5. The molecule has 1 N–H and O–H groups in total. The van der Waals surface area contributed by atoms with Gasteiger partial charge in [-0.2, -0.15) is 0 Å². The van der Waals surface area contributed by atoms with Crippen LogP contribution in [-0.2, 0) is 35.1 Å². The molecule has 8 nitrogen and oxygen atoms in total. The largest absolute Gasteiger partial charge is 0.386 e. The molecule has 0 saturated carbocycles. The van der Waals surface area contributed by atoms with Crippen molar-refractivity contribution in [3.8, 4) is 0 Å². The van der Waals surface area contributed by atoms with Gasteiger partial charge in [0, 0.05) is 12.7 Å². The maximum absolute atomic E-state index is 13.4. The lowest BCUT2D eigenvalue weighted by molar-refractivity contribution is -0.223. The van der Waals surface area contributed by atoms with Gasteiger partial charge < -0.3 is 24.1 Å². The van der Waals surface area contributed by atoms with Crippen molar-refractivity contribution in [3.05, 3.63) is 72.9 Å². The van der Waals surface area contributed by atoms with Crippen molar-refractivity contribution >= 4 is 11.8 Å². The number of nitrogens with zero attached hydrogens (tertiary/aromatic N) is 1. The fraction of sp³-hybridized carbons (Fsp3) is 0.462. The number of rotatable bonds is 10. The normalized spacial score (nSPS) is 33.7. The van der Waals surface area contributed by atoms with E-state index in [1.807, 2.05) is 30.3 Å². The lowest BCUT2D eigenvalue weighted by Gasteiger charge is -2.42. The molecule has 7 atom stereocenters. The van der Waals surface area contributed by atoms with E-state index in [0.717, 1.165) is 10.5 Å². The van der Waals surface area contributed by atoms with Crippen LogP contribution in [0.5, 0.6) is 0 Å². The van der Waals surface area contributed by atoms with Gasteiger partial charge in [-0.3, -0.25) is 14.5 Å². The van der Waals surface area contributed by atoms with E-state index < -0.39 is 53.9 Å². The zero-order chi connectivity index (χ0) is 24.5. The van der Waals surface area contributed by atoms with E-state index in [1.54, 1.807) is 19.1 Å². The van der Waals surface area contributed by atoms with Crippen molar-refractivity contribution < 1.29 is 33.6 Å². The highest BCUT2D eigenvalue weighted by atomic mass is 16.7. The first kappa shape index (κ1) is 24.5. The number of fused-ring (bicyclic) bond motifs is 2. The van der Waals surface area contributed by atoms with Gasteiger partial charge in [-0.05, 0) is 18.9 Å². The smallest absolute Gasteiger partial charge is 0.257 e. The van der Waals surface area contributed by atoms with E-state index in [0.29, 0.717) is 12.0 Å². The molecule has 8 heteroatoms. The number of carbonyl (C=O) groups is 2. The van der Waals surface area contributed by atoms with E-state index >= 15 is 0 Å². The average Bonchev–Trinajstić information content (AvgIpc) is 3.34. The van der Waals surface area contributed by atoms with Crippen LogP contribution >= 0.6 is 0 Å². The highest BCUT2D eigenvalue weighted by Crippen LogP contribution is 2.51. The Morgan fingerprint density at radius 2 is 1.97 bits per heavy atom. The fourth-order valence-corrected chi connectivity index (χ4v) is 5.19. The topological polar surface area (TPSA) is 94.5 Å². The molecule has 1 aromatic carbocycles. The summed E-state index contributed by atoms with van der Waals surface area (Å²) in [5.41, 5.74) is 0.108. The molecule has 0 spiro atoms. The third-order valence-electron chi connectivity index (χ3n) is 6.80. The van der Waals surface area contributed by atoms with Gasteiger partial charge in [0.1, 0.15) is 31.1 Å². The van der Waals surface area contributed by atoms with Gasteiger partial charge in [0.25, 0.3) is 5.91 Å². The lowest BCUT2D eigenvalue weighted by atomic mass is 9.84. The molecule has 182 valence electrons. The molecule has 2 saturated heterocycles. The van der Waals surface area contributed by atoms with Gasteiger partial charge in [-0.1, -0.05) is 48.6 Å². The maximum Gasteiger partial charge on any atom is 0.257 e. The van der Waals surface area contributed by atoms with Crippen molar-refractivity contribution in [2.75, 3.05) is 13.8 Å². The van der Waals surface area contributed by atoms with Crippen molar-refractivity contribution in [3.63, 3.8) is 0 Å². The zero-order valence-corrected chi connectivity index (χ0v) is 19.5. The minimum Gasteiger partial charge on any atom is -0.386 e. The summed E-state index contributed by atoms with van der Waals surface area (Å²) in [5.74, 6) is -1.65. The number of amides is 2. The molecule has 3 heterocycles. The molecule has 0 radical (unpaired) electrons. The highest BCUT2D eigenvalue weighted by molar-refractivity contribution is 6.08. The number of benzene rings is 1. The molecule has 0 aromatic heterocycles. The standard InChI is InChI=1S/C26H31NO7/c1-5-10-20-26(19(28)6-2)23(31-4)22(33-20)21(34-26)18-13-16(3)24(29)27(25(18)30)15-32-14-17-11-8-7-9-12-17/h5-9,11-13,18-23,28H,1-2,10,14-15H2,3-4H3/t18?,19-,20?,21-,22-,23-,26?/m0/s1. The summed E-state index contributed by atoms with van der Waals surface area (Å²) < 4.78 is 24.1. The minimum atomic E-state index is -1.24. The van der Waals surface area contributed by atoms with Crippen LogP contribution in [-0.4, -0.2) is 71.8 Å². The molecule has 0 aliphatic carbocycles. The van der Waals surface area contributed by atoms with Gasteiger partial charge in [-0.25, -0.2) is 0 Å². The van der Waals surface area contributed by atoms with E-state index in [2.05, 4.69) is 13.2 Å². The second-order valence-electron chi connectivity index (χ2n) is 8.80. The third-order valence-corrected chi connectivity index (χ3v) is 6.80. The number of aliphatic hydroxyl groups excluding tert-OH is 1. The molecule has 3 aliphatic heterocycles. The van der Waals surface area contributed by atoms with Crippen LogP contribution in [0.2, 0.25) is 0 Å². The van der Waals surface area contributed by atoms with E-state index in [4.69, 9.17) is 18.9 Å². The number of imide groups is 1. The summed E-state index contributed by atoms with van der Waals surface area (Å²) >= 11 is 0. The molecule has 1 aromatic rings. The van der Waals surface area contributed by atoms with Crippen molar-refractivity contribution in [2.45, 2.75) is 56.1 Å². The van der Waals surface area contributed by atoms with Gasteiger partial charge in [-0.15, -0.1) is 13.2 Å². The first-order valence-corrected chi connectivity index (χ1v) is 11.3. The van der Waals surface area contributed by atoms with Gasteiger partial charge in [0.05, 0.1) is 18.6 Å². The Balaban J connectivity index is 1.56. The van der Waals surface area contributed by atoms with E-state index in [-0.39, 0.29) is 13.3 Å². The highest BCUT2D eigenvalue weighted by Gasteiger charge is 2.70. The first-order valence-electron chi connectivity index (χ1n) is 11.3. The molecular weight excluding hydrogens is 438 g/mol. The number of hydrogen-bond acceptors (Lipinski definition) is 7. The van der Waals surface area contributed by atoms with E-state index in [1.165, 1.54) is 13.2 Å². The van der Waals surface area contributed by atoms with Crippen LogP contribution < -0.4 is 0 Å². The second-order valence-corrected chi connectivity index (χ2v) is 8.80. The Bertz CT molecular complexity index is 977. The number of aliphatic hydroxyl groups is 1. The van der Waals surface area contributed by atoms with Gasteiger partial charge in [0.2, 0.25) is 5.91 Å². The van der Waals surface area contributed by atoms with Crippen LogP contribution in [0.15, 0.2) is 67.3 Å². The van der Waals surface area contributed by atoms with E-state index in [9.17, 15) is 14.7 Å². The SMILES string of the molecule is C=CCC1O[C@H]2[C@H](C3C=C(C)C(=O)N(COCc4ccccc4)C3=O)OC1([C@@H](O)C=C)[C@H]2OC. The predicted molar refractivity (Wildman–Crippen MR) is 123 cm³/mol. The lowest BCUT2D eigenvalue weighted by Crippen LogP contribution is -2.58. The molecule has 3 unspecified atom stereocenters. The molecule has 2 bridgehead atoms. The summed E-state index contributed by atoms with van der Waals surface area (Å²) in [4.78, 5) is 27.3. The minimum absolute atomic E-state index is 0.181. The third kappa shape index (κ3) is 3.95. The summed E-state index contributed by atoms with van der Waals surface area (Å²) in [6.45, 7) is 9.22. The Labute approximate surface area is 199 Å². The van der Waals surface area contributed by atoms with Crippen molar-refractivity contribution in [2.24, 2.45) is 5.92 Å². The number of methoxy groups -OCH3 is 1. The fourth-order valence-electron chi connectivity index (χ4n) is 5.19. The van der Waals surface area contributed by atoms with Crippen LogP contribution in [0.3, 0.4) is 0 Å². The second kappa shape index (κ2) is 9.93. The van der Waals surface area contributed by atoms with Crippen molar-refractivity contribution in [1.82, 2.24) is 4.90 Å². The molecule has 34 heavy (non-hydrogen) atoms. The number of ether oxygens (including phenoxy) is 4. The maximum atomic E-state index is 13.4. The van der Waals surface area contributed by atoms with Crippen LogP contribution in [0, 0.1) is 5.92 Å². The summed E-state index contributed by atoms with van der Waals surface area (Å²) in [5, 5.41) is 10.9. The molecule has 4 rings (SSSR count). The number of hydrogen-bond donors (Lipinski definition) is 1. The Morgan fingerprint density at radius 1 is 1.24 bits per heavy atom. The molecule has 2 fully saturated rings. The van der Waals surface area contributed by atoms with Crippen LogP contribution in [0.4, 0.5) is 0 Å². The first-order chi connectivity index (χ1) is 16.4. The predicted octanol–water partition coefficient (Wildman–Crippen LogP) is 2.13. The average molecular weight is 470 g/mol. The van der Waals surface area contributed by atoms with Crippen LogP contribution in [0.25, 0.3) is 0 Å². The molecule has 3 aliphatic rings. The number of carbonyl (C=O) groups excluding carboxylic acids is 2. The Morgan fingerprint density at radius 3 is 2.62 bits per heavy atom. The molecular formula is C26H31NO7. The quantitative estimate of drug-likeness (QED) is 0.414. The Hall–Kier alpha value is -2.62. The van der Waals surface area contributed by atoms with Gasteiger partial charge >= 0.3 is 0 Å². The summed E-state index contributed by atoms with van der Waals surface area (Å²) in [6, 6.07) is 9.50. The monoisotopic (exact) mass is 469 g/mol. The van der Waals surface area contributed by atoms with Crippen LogP contribution in [0.1, 0.15) is 18.9 Å².